The van der Waals surface area contributed by atoms with Gasteiger partial charge in [-0.15, -0.1) is 0 Å². The zero-order valence-corrected chi connectivity index (χ0v) is 14.6. The molecule has 1 heterocycles. The van der Waals surface area contributed by atoms with Crippen LogP contribution in [0.5, 0.6) is 0 Å². The molecule has 0 spiro atoms. The molecule has 2 aromatic rings. The van der Waals surface area contributed by atoms with Gasteiger partial charge in [0.1, 0.15) is 17.3 Å². The molecule has 0 aliphatic rings. The number of hydrogen-bond donors (Lipinski definition) is 1. The van der Waals surface area contributed by atoms with E-state index in [-0.39, 0.29) is 32.1 Å². The number of nitrogens with zero attached hydrogens (tertiary/aromatic N) is 3. The minimum Gasteiger partial charge on any atom is -0.452 e. The van der Waals surface area contributed by atoms with Crippen LogP contribution >= 0.6 is 34.8 Å². The Hall–Kier alpha value is -2.27. The molecular formula is C14H9Cl3N4O3. The molecule has 124 valence electrons. The molecule has 0 atom stereocenters. The molecule has 0 saturated heterocycles. The summed E-state index contributed by atoms with van der Waals surface area (Å²) < 4.78 is 4.55. The number of nitriles is 1. The third-order valence-electron chi connectivity index (χ3n) is 3.05. The molecular weight excluding hydrogens is 379 g/mol. The van der Waals surface area contributed by atoms with Crippen LogP contribution in [-0.2, 0) is 9.53 Å². The number of hydrogen-bond acceptors (Lipinski definition) is 5. The van der Waals surface area contributed by atoms with E-state index < -0.39 is 12.0 Å². The van der Waals surface area contributed by atoms with Crippen LogP contribution in [0.1, 0.15) is 12.5 Å². The SMILES string of the molecule is COC(=O)N(C(C)=O)c1[nH]nc(-c2ccc(Cl)c(Cl)c2Cl)c1C#N. The average Bonchev–Trinajstić information content (AvgIpc) is 2.95. The summed E-state index contributed by atoms with van der Waals surface area (Å²) in [5.41, 5.74) is 0.362. The van der Waals surface area contributed by atoms with Gasteiger partial charge >= 0.3 is 6.09 Å². The highest BCUT2D eigenvalue weighted by Crippen LogP contribution is 2.39. The van der Waals surface area contributed by atoms with Gasteiger partial charge < -0.3 is 4.74 Å². The highest BCUT2D eigenvalue weighted by Gasteiger charge is 2.29. The van der Waals surface area contributed by atoms with Crippen LogP contribution in [0.3, 0.4) is 0 Å². The first-order valence-corrected chi connectivity index (χ1v) is 7.47. The van der Waals surface area contributed by atoms with Crippen molar-refractivity contribution in [3.8, 4) is 17.3 Å². The summed E-state index contributed by atoms with van der Waals surface area (Å²) in [6, 6.07) is 4.90. The van der Waals surface area contributed by atoms with Crippen molar-refractivity contribution in [3.63, 3.8) is 0 Å². The number of methoxy groups -OCH3 is 1. The van der Waals surface area contributed by atoms with E-state index >= 15 is 0 Å². The van der Waals surface area contributed by atoms with Crippen molar-refractivity contribution in [2.75, 3.05) is 12.0 Å². The van der Waals surface area contributed by atoms with Crippen molar-refractivity contribution < 1.29 is 14.3 Å². The van der Waals surface area contributed by atoms with Gasteiger partial charge in [-0.1, -0.05) is 34.8 Å². The fourth-order valence-corrected chi connectivity index (χ4v) is 2.60. The first-order chi connectivity index (χ1) is 11.3. The van der Waals surface area contributed by atoms with E-state index in [1.165, 1.54) is 12.1 Å². The molecule has 0 unspecified atom stereocenters. The summed E-state index contributed by atoms with van der Waals surface area (Å²) in [7, 11) is 1.11. The molecule has 0 bridgehead atoms. The summed E-state index contributed by atoms with van der Waals surface area (Å²) in [5, 5.41) is 16.3. The molecule has 2 amide bonds. The van der Waals surface area contributed by atoms with Gasteiger partial charge in [0.2, 0.25) is 5.91 Å². The van der Waals surface area contributed by atoms with E-state index in [9.17, 15) is 14.9 Å². The number of carbonyl (C=O) groups is 2. The normalized spacial score (nSPS) is 10.2. The van der Waals surface area contributed by atoms with E-state index in [1.807, 2.05) is 6.07 Å². The van der Waals surface area contributed by atoms with Gasteiger partial charge in [-0.2, -0.15) is 15.3 Å². The lowest BCUT2D eigenvalue weighted by Crippen LogP contribution is -2.35. The largest absolute Gasteiger partial charge is 0.452 e. The topological polar surface area (TPSA) is 99.1 Å². The predicted molar refractivity (Wildman–Crippen MR) is 89.3 cm³/mol. The van der Waals surface area contributed by atoms with E-state index in [0.717, 1.165) is 14.0 Å². The minimum atomic E-state index is -0.963. The van der Waals surface area contributed by atoms with Crippen molar-refractivity contribution in [1.29, 1.82) is 5.26 Å². The van der Waals surface area contributed by atoms with E-state index in [1.54, 1.807) is 0 Å². The Kier molecular flexibility index (Phi) is 5.34. The predicted octanol–water partition coefficient (Wildman–Crippen LogP) is 4.03. The molecule has 0 aliphatic heterocycles. The van der Waals surface area contributed by atoms with Gasteiger partial charge in [0.05, 0.1) is 22.2 Å². The second-order valence-electron chi connectivity index (χ2n) is 4.45. The zero-order chi connectivity index (χ0) is 18.0. The number of H-pyrrole nitrogens is 1. The van der Waals surface area contributed by atoms with Crippen molar-refractivity contribution in [2.24, 2.45) is 0 Å². The maximum atomic E-state index is 11.8. The number of ether oxygens (including phenoxy) is 1. The summed E-state index contributed by atoms with van der Waals surface area (Å²) in [6.45, 7) is 1.14. The molecule has 2 rings (SSSR count). The number of carbonyl (C=O) groups excluding carboxylic acids is 2. The van der Waals surface area contributed by atoms with Gasteiger partial charge in [-0.25, -0.2) is 4.79 Å². The summed E-state index contributed by atoms with van der Waals surface area (Å²) in [4.78, 5) is 24.2. The zero-order valence-electron chi connectivity index (χ0n) is 12.4. The maximum Gasteiger partial charge on any atom is 0.422 e. The molecule has 1 aromatic heterocycles. The number of rotatable bonds is 2. The van der Waals surface area contributed by atoms with Crippen LogP contribution in [0.2, 0.25) is 15.1 Å². The lowest BCUT2D eigenvalue weighted by Gasteiger charge is -2.15. The van der Waals surface area contributed by atoms with Crippen LogP contribution in [0.25, 0.3) is 11.3 Å². The van der Waals surface area contributed by atoms with Crippen molar-refractivity contribution >= 4 is 52.6 Å². The number of amides is 2. The standard InChI is InChI=1S/C14H9Cl3N4O3/c1-6(22)21(14(23)24-2)13-8(5-18)12(19-20-13)7-3-4-9(15)11(17)10(7)16/h3-4H,1-2H3,(H,19,20). The molecule has 0 aliphatic carbocycles. The van der Waals surface area contributed by atoms with Gasteiger partial charge in [0.25, 0.3) is 0 Å². The van der Waals surface area contributed by atoms with Gasteiger partial charge in [-0.05, 0) is 12.1 Å². The smallest absolute Gasteiger partial charge is 0.422 e. The van der Waals surface area contributed by atoms with Crippen molar-refractivity contribution in [3.05, 3.63) is 32.8 Å². The summed E-state index contributed by atoms with van der Waals surface area (Å²) in [6.07, 6.45) is -0.963. The number of benzene rings is 1. The molecule has 10 heteroatoms. The third-order valence-corrected chi connectivity index (χ3v) is 4.34. The monoisotopic (exact) mass is 386 g/mol. The van der Waals surface area contributed by atoms with Gasteiger partial charge in [-0.3, -0.25) is 9.89 Å². The molecule has 0 radical (unpaired) electrons. The van der Waals surface area contributed by atoms with E-state index in [0.29, 0.717) is 10.5 Å². The maximum absolute atomic E-state index is 11.8. The number of halogens is 3. The Labute approximate surface area is 151 Å². The lowest BCUT2D eigenvalue weighted by atomic mass is 10.1. The number of aromatic nitrogens is 2. The molecule has 0 saturated carbocycles. The Bertz CT molecular complexity index is 873. The molecule has 1 aromatic carbocycles. The van der Waals surface area contributed by atoms with Crippen molar-refractivity contribution in [2.45, 2.75) is 6.92 Å². The second-order valence-corrected chi connectivity index (χ2v) is 5.62. The van der Waals surface area contributed by atoms with Crippen LogP contribution in [-0.4, -0.2) is 29.3 Å². The van der Waals surface area contributed by atoms with Crippen LogP contribution < -0.4 is 4.90 Å². The fraction of sp³-hybridized carbons (Fsp3) is 0.143. The van der Waals surface area contributed by atoms with Crippen molar-refractivity contribution in [1.82, 2.24) is 10.2 Å². The van der Waals surface area contributed by atoms with E-state index in [2.05, 4.69) is 14.9 Å². The Morgan fingerprint density at radius 1 is 1.29 bits per heavy atom. The number of aromatic amines is 1. The van der Waals surface area contributed by atoms with Crippen LogP contribution in [0.4, 0.5) is 10.6 Å². The average molecular weight is 388 g/mol. The van der Waals surface area contributed by atoms with Crippen LogP contribution in [0.15, 0.2) is 12.1 Å². The first kappa shape index (κ1) is 18.1. The molecule has 0 fully saturated rings. The number of nitrogens with one attached hydrogen (secondary N) is 1. The number of anilines is 1. The molecule has 24 heavy (non-hydrogen) atoms. The van der Waals surface area contributed by atoms with Crippen LogP contribution in [0, 0.1) is 11.3 Å². The highest BCUT2D eigenvalue weighted by atomic mass is 35.5. The second kappa shape index (κ2) is 7.09. The first-order valence-electron chi connectivity index (χ1n) is 6.34. The summed E-state index contributed by atoms with van der Waals surface area (Å²) >= 11 is 18.0. The van der Waals surface area contributed by atoms with Gasteiger partial charge in [0, 0.05) is 12.5 Å². The lowest BCUT2D eigenvalue weighted by molar-refractivity contribution is -0.116. The third kappa shape index (κ3) is 3.04. The Balaban J connectivity index is 2.67. The Morgan fingerprint density at radius 2 is 1.96 bits per heavy atom. The van der Waals surface area contributed by atoms with E-state index in [4.69, 9.17) is 34.8 Å². The quantitative estimate of drug-likeness (QED) is 0.784. The van der Waals surface area contributed by atoms with Gasteiger partial charge in [0.15, 0.2) is 5.82 Å². The highest BCUT2D eigenvalue weighted by molar-refractivity contribution is 6.49. The fourth-order valence-electron chi connectivity index (χ4n) is 1.97. The Morgan fingerprint density at radius 3 is 2.50 bits per heavy atom. The molecule has 7 nitrogen and oxygen atoms in total. The number of imide groups is 1. The molecule has 1 N–H and O–H groups in total. The minimum absolute atomic E-state index is 0.0733. The summed E-state index contributed by atoms with van der Waals surface area (Å²) in [5.74, 6) is -0.789.